The molecule has 1 heterocycles. The van der Waals surface area contributed by atoms with E-state index in [2.05, 4.69) is 27.3 Å². The zero-order chi connectivity index (χ0) is 11.3. The minimum Gasteiger partial charge on any atom is -0.321 e. The normalized spacial score (nSPS) is 12.6. The molecule has 76 valence electrons. The Hall–Kier alpha value is -1.86. The molecule has 4 heteroatoms. The standard InChI is InChI=1S/C12H5BrN2O/c13-7-3-8-6(5-14)1-2-10-11(8)9(4-7)12(16)15-10/h1-4H,(H,15,16). The van der Waals surface area contributed by atoms with Gasteiger partial charge in [-0.1, -0.05) is 15.9 Å². The quantitative estimate of drug-likeness (QED) is 0.802. The van der Waals surface area contributed by atoms with E-state index in [1.54, 1.807) is 18.2 Å². The molecule has 1 amide bonds. The molecule has 0 saturated carbocycles. The molecule has 1 aliphatic heterocycles. The molecule has 16 heavy (non-hydrogen) atoms. The third-order valence-electron chi connectivity index (χ3n) is 2.69. The van der Waals surface area contributed by atoms with Crippen molar-refractivity contribution in [1.82, 2.24) is 0 Å². The topological polar surface area (TPSA) is 52.9 Å². The second kappa shape index (κ2) is 3.06. The van der Waals surface area contributed by atoms with Crippen LogP contribution < -0.4 is 5.32 Å². The summed E-state index contributed by atoms with van der Waals surface area (Å²) in [5, 5.41) is 13.5. The summed E-state index contributed by atoms with van der Waals surface area (Å²) >= 11 is 3.35. The first-order chi connectivity index (χ1) is 7.70. The van der Waals surface area contributed by atoms with Crippen LogP contribution in [0.25, 0.3) is 10.8 Å². The number of benzene rings is 2. The van der Waals surface area contributed by atoms with Crippen molar-refractivity contribution in [2.24, 2.45) is 0 Å². The van der Waals surface area contributed by atoms with Crippen LogP contribution in [0.15, 0.2) is 28.7 Å². The van der Waals surface area contributed by atoms with Gasteiger partial charge in [-0.05, 0) is 24.3 Å². The van der Waals surface area contributed by atoms with Crippen LogP contribution in [0.4, 0.5) is 5.69 Å². The van der Waals surface area contributed by atoms with E-state index in [4.69, 9.17) is 5.26 Å². The van der Waals surface area contributed by atoms with Crippen molar-refractivity contribution in [2.45, 2.75) is 0 Å². The van der Waals surface area contributed by atoms with Crippen LogP contribution >= 0.6 is 15.9 Å². The van der Waals surface area contributed by atoms with E-state index in [9.17, 15) is 4.79 Å². The van der Waals surface area contributed by atoms with Crippen molar-refractivity contribution in [1.29, 1.82) is 5.26 Å². The molecule has 0 radical (unpaired) electrons. The van der Waals surface area contributed by atoms with Gasteiger partial charge in [0.25, 0.3) is 5.91 Å². The Balaban J connectivity index is 2.57. The van der Waals surface area contributed by atoms with Gasteiger partial charge in [0, 0.05) is 20.9 Å². The van der Waals surface area contributed by atoms with Crippen LogP contribution in [-0.4, -0.2) is 5.91 Å². The third-order valence-corrected chi connectivity index (χ3v) is 3.15. The Kier molecular flexibility index (Phi) is 1.79. The number of nitriles is 1. The lowest BCUT2D eigenvalue weighted by Crippen LogP contribution is -2.03. The zero-order valence-electron chi connectivity index (χ0n) is 8.04. The van der Waals surface area contributed by atoms with Gasteiger partial charge in [-0.15, -0.1) is 0 Å². The second-order valence-electron chi connectivity index (χ2n) is 3.60. The third kappa shape index (κ3) is 1.09. The molecule has 3 rings (SSSR count). The summed E-state index contributed by atoms with van der Waals surface area (Å²) < 4.78 is 0.806. The first-order valence-electron chi connectivity index (χ1n) is 4.68. The van der Waals surface area contributed by atoms with Crippen molar-refractivity contribution in [3.05, 3.63) is 39.9 Å². The Morgan fingerprint density at radius 3 is 2.88 bits per heavy atom. The molecular weight excluding hydrogens is 268 g/mol. The highest BCUT2D eigenvalue weighted by Crippen LogP contribution is 2.36. The maximum atomic E-state index is 11.7. The molecule has 0 fully saturated rings. The molecule has 0 bridgehead atoms. The largest absolute Gasteiger partial charge is 0.321 e. The minimum atomic E-state index is -0.114. The highest BCUT2D eigenvalue weighted by Gasteiger charge is 2.23. The number of amides is 1. The summed E-state index contributed by atoms with van der Waals surface area (Å²) in [6.07, 6.45) is 0. The minimum absolute atomic E-state index is 0.114. The van der Waals surface area contributed by atoms with E-state index in [0.717, 1.165) is 20.9 Å². The molecule has 2 aromatic rings. The maximum Gasteiger partial charge on any atom is 0.256 e. The van der Waals surface area contributed by atoms with Gasteiger partial charge >= 0.3 is 0 Å². The van der Waals surface area contributed by atoms with Gasteiger partial charge in [0.15, 0.2) is 0 Å². The molecule has 0 atom stereocenters. The average Bonchev–Trinajstić information content (AvgIpc) is 2.57. The van der Waals surface area contributed by atoms with Crippen molar-refractivity contribution in [3.8, 4) is 6.07 Å². The molecule has 2 aromatic carbocycles. The van der Waals surface area contributed by atoms with E-state index < -0.39 is 0 Å². The van der Waals surface area contributed by atoms with E-state index in [-0.39, 0.29) is 5.91 Å². The predicted octanol–water partition coefficient (Wildman–Crippen LogP) is 3.04. The lowest BCUT2D eigenvalue weighted by Gasteiger charge is -2.02. The molecule has 1 aliphatic rings. The van der Waals surface area contributed by atoms with Gasteiger partial charge < -0.3 is 5.32 Å². The lowest BCUT2D eigenvalue weighted by atomic mass is 10.0. The van der Waals surface area contributed by atoms with Gasteiger partial charge in [-0.3, -0.25) is 4.79 Å². The first-order valence-corrected chi connectivity index (χ1v) is 5.48. The van der Waals surface area contributed by atoms with Crippen LogP contribution in [0.5, 0.6) is 0 Å². The van der Waals surface area contributed by atoms with Gasteiger partial charge in [0.1, 0.15) is 0 Å². The van der Waals surface area contributed by atoms with Gasteiger partial charge in [0.2, 0.25) is 0 Å². The van der Waals surface area contributed by atoms with Crippen LogP contribution in [0.2, 0.25) is 0 Å². The fourth-order valence-corrected chi connectivity index (χ4v) is 2.48. The van der Waals surface area contributed by atoms with Crippen molar-refractivity contribution >= 4 is 38.3 Å². The first kappa shape index (κ1) is 9.37. The van der Waals surface area contributed by atoms with Crippen LogP contribution in [0.1, 0.15) is 15.9 Å². The number of carbonyl (C=O) groups is 1. The summed E-state index contributed by atoms with van der Waals surface area (Å²) in [7, 11) is 0. The number of carbonyl (C=O) groups excluding carboxylic acids is 1. The van der Waals surface area contributed by atoms with E-state index in [0.29, 0.717) is 11.1 Å². The van der Waals surface area contributed by atoms with E-state index in [1.807, 2.05) is 6.07 Å². The second-order valence-corrected chi connectivity index (χ2v) is 4.52. The zero-order valence-corrected chi connectivity index (χ0v) is 9.63. The summed E-state index contributed by atoms with van der Waals surface area (Å²) in [4.78, 5) is 11.7. The van der Waals surface area contributed by atoms with Crippen molar-refractivity contribution in [3.63, 3.8) is 0 Å². The predicted molar refractivity (Wildman–Crippen MR) is 64.3 cm³/mol. The Labute approximate surface area is 99.8 Å². The molecular formula is C12H5BrN2O. The summed E-state index contributed by atoms with van der Waals surface area (Å²) in [5.74, 6) is -0.114. The monoisotopic (exact) mass is 272 g/mol. The fraction of sp³-hybridized carbons (Fsp3) is 0. The SMILES string of the molecule is N#Cc1ccc2c3c(cc(Br)cc13)C(=O)N2. The highest BCUT2D eigenvalue weighted by molar-refractivity contribution is 9.10. The van der Waals surface area contributed by atoms with E-state index >= 15 is 0 Å². The van der Waals surface area contributed by atoms with E-state index in [1.165, 1.54) is 0 Å². The number of hydrogen-bond donors (Lipinski definition) is 1. The average molecular weight is 273 g/mol. The van der Waals surface area contributed by atoms with Crippen LogP contribution in [-0.2, 0) is 0 Å². The number of nitrogens with zero attached hydrogens (tertiary/aromatic N) is 1. The maximum absolute atomic E-state index is 11.7. The molecule has 0 saturated heterocycles. The lowest BCUT2D eigenvalue weighted by molar-refractivity contribution is 0.103. The van der Waals surface area contributed by atoms with Gasteiger partial charge in [-0.2, -0.15) is 5.26 Å². The Morgan fingerprint density at radius 1 is 1.31 bits per heavy atom. The molecule has 0 aromatic heterocycles. The molecule has 3 nitrogen and oxygen atoms in total. The van der Waals surface area contributed by atoms with Gasteiger partial charge in [-0.25, -0.2) is 0 Å². The summed E-state index contributed by atoms with van der Waals surface area (Å²) in [5.41, 5.74) is 1.98. The number of rotatable bonds is 0. The van der Waals surface area contributed by atoms with Crippen molar-refractivity contribution < 1.29 is 4.79 Å². The smallest absolute Gasteiger partial charge is 0.256 e. The number of halogens is 1. The molecule has 0 unspecified atom stereocenters. The summed E-state index contributed by atoms with van der Waals surface area (Å²) in [6, 6.07) is 9.26. The molecule has 1 N–H and O–H groups in total. The Bertz CT molecular complexity index is 685. The number of hydrogen-bond acceptors (Lipinski definition) is 2. The fourth-order valence-electron chi connectivity index (χ4n) is 2.02. The van der Waals surface area contributed by atoms with Crippen molar-refractivity contribution in [2.75, 3.05) is 5.32 Å². The van der Waals surface area contributed by atoms with Gasteiger partial charge in [0.05, 0.1) is 17.2 Å². The summed E-state index contributed by atoms with van der Waals surface area (Å²) in [6.45, 7) is 0. The molecule has 0 spiro atoms. The van der Waals surface area contributed by atoms with Crippen LogP contribution in [0.3, 0.4) is 0 Å². The molecule has 0 aliphatic carbocycles. The van der Waals surface area contributed by atoms with Crippen LogP contribution in [0, 0.1) is 11.3 Å². The number of nitrogens with one attached hydrogen (secondary N) is 1. The highest BCUT2D eigenvalue weighted by atomic mass is 79.9. The Morgan fingerprint density at radius 2 is 2.12 bits per heavy atom. The number of anilines is 1.